The van der Waals surface area contributed by atoms with Crippen LogP contribution in [-0.4, -0.2) is 28.0 Å². The average molecular weight is 410 g/mol. The summed E-state index contributed by atoms with van der Waals surface area (Å²) >= 11 is 0. The molecule has 0 aliphatic heterocycles. The Hall–Kier alpha value is -3.32. The topological polar surface area (TPSA) is 75.7 Å². The number of sulfonamides is 1. The van der Waals surface area contributed by atoms with Gasteiger partial charge in [-0.15, -0.1) is 0 Å². The Morgan fingerprint density at radius 2 is 1.55 bits per heavy atom. The maximum Gasteiger partial charge on any atom is 0.264 e. The van der Waals surface area contributed by atoms with E-state index >= 15 is 0 Å². The molecule has 0 heterocycles. The molecule has 0 radical (unpaired) electrons. The van der Waals surface area contributed by atoms with E-state index < -0.39 is 15.9 Å². The van der Waals surface area contributed by atoms with Crippen molar-refractivity contribution in [1.82, 2.24) is 0 Å². The van der Waals surface area contributed by atoms with Crippen molar-refractivity contribution in [3.63, 3.8) is 0 Å². The summed E-state index contributed by atoms with van der Waals surface area (Å²) in [6.07, 6.45) is 0. The predicted molar refractivity (Wildman–Crippen MR) is 114 cm³/mol. The Labute approximate surface area is 170 Å². The predicted octanol–water partition coefficient (Wildman–Crippen LogP) is 3.84. The number of hydrogen-bond donors (Lipinski definition) is 1. The molecule has 1 amide bonds. The molecule has 3 aromatic carbocycles. The van der Waals surface area contributed by atoms with Gasteiger partial charge in [0, 0.05) is 5.69 Å². The van der Waals surface area contributed by atoms with Gasteiger partial charge in [-0.05, 0) is 55.5 Å². The lowest BCUT2D eigenvalue weighted by Crippen LogP contribution is -2.38. The molecule has 0 aromatic heterocycles. The zero-order valence-corrected chi connectivity index (χ0v) is 17.0. The minimum Gasteiger partial charge on any atom is -0.497 e. The monoisotopic (exact) mass is 410 g/mol. The Morgan fingerprint density at radius 1 is 0.931 bits per heavy atom. The molecule has 1 N–H and O–H groups in total. The van der Waals surface area contributed by atoms with E-state index in [4.69, 9.17) is 4.74 Å². The highest BCUT2D eigenvalue weighted by molar-refractivity contribution is 7.92. The smallest absolute Gasteiger partial charge is 0.264 e. The van der Waals surface area contributed by atoms with Gasteiger partial charge in [0.25, 0.3) is 10.0 Å². The normalized spacial score (nSPS) is 11.0. The van der Waals surface area contributed by atoms with Crippen LogP contribution in [0.2, 0.25) is 0 Å². The second kappa shape index (κ2) is 8.79. The number of nitrogens with zero attached hydrogens (tertiary/aromatic N) is 1. The van der Waals surface area contributed by atoms with Crippen LogP contribution in [0.15, 0.2) is 83.8 Å². The Morgan fingerprint density at radius 3 is 2.14 bits per heavy atom. The first kappa shape index (κ1) is 20.4. The molecular weight excluding hydrogens is 388 g/mol. The van der Waals surface area contributed by atoms with Crippen LogP contribution in [-0.2, 0) is 14.8 Å². The molecule has 0 saturated carbocycles. The number of nitrogens with one attached hydrogen (secondary N) is 1. The van der Waals surface area contributed by atoms with Crippen molar-refractivity contribution in [2.45, 2.75) is 11.8 Å². The van der Waals surface area contributed by atoms with Gasteiger partial charge >= 0.3 is 0 Å². The number of carbonyl (C=O) groups excluding carboxylic acids is 1. The number of methoxy groups -OCH3 is 1. The largest absolute Gasteiger partial charge is 0.497 e. The molecule has 0 saturated heterocycles. The van der Waals surface area contributed by atoms with E-state index in [1.165, 1.54) is 12.1 Å². The fourth-order valence-corrected chi connectivity index (χ4v) is 4.19. The summed E-state index contributed by atoms with van der Waals surface area (Å²) in [6, 6.07) is 21.9. The van der Waals surface area contributed by atoms with Crippen molar-refractivity contribution in [3.05, 3.63) is 84.4 Å². The summed E-state index contributed by atoms with van der Waals surface area (Å²) in [5.74, 6) is 0.214. The number of anilines is 2. The summed E-state index contributed by atoms with van der Waals surface area (Å²) in [4.78, 5) is 12.8. The SMILES string of the molecule is COc1ccc(NC(=O)CN(c2ccc(C)cc2)S(=O)(=O)c2ccccc2)cc1. The van der Waals surface area contributed by atoms with E-state index in [-0.39, 0.29) is 11.4 Å². The number of hydrogen-bond acceptors (Lipinski definition) is 4. The maximum absolute atomic E-state index is 13.2. The number of benzene rings is 3. The Bertz CT molecular complexity index is 1060. The number of ether oxygens (including phenoxy) is 1. The molecule has 0 fully saturated rings. The van der Waals surface area contributed by atoms with E-state index in [1.807, 2.05) is 19.1 Å². The number of carbonyl (C=O) groups is 1. The van der Waals surface area contributed by atoms with Crippen molar-refractivity contribution in [2.75, 3.05) is 23.3 Å². The summed E-state index contributed by atoms with van der Waals surface area (Å²) in [5.41, 5.74) is 1.97. The molecular formula is C22H22N2O4S. The fourth-order valence-electron chi connectivity index (χ4n) is 2.75. The second-order valence-corrected chi connectivity index (χ2v) is 8.30. The Balaban J connectivity index is 1.88. The van der Waals surface area contributed by atoms with Gasteiger partial charge in [-0.3, -0.25) is 9.10 Å². The van der Waals surface area contributed by atoms with E-state index in [1.54, 1.807) is 61.7 Å². The first-order valence-electron chi connectivity index (χ1n) is 8.98. The van der Waals surface area contributed by atoms with Gasteiger partial charge in [0.2, 0.25) is 5.91 Å². The molecule has 29 heavy (non-hydrogen) atoms. The molecule has 6 nitrogen and oxygen atoms in total. The standard InChI is InChI=1S/C22H22N2O4S/c1-17-8-12-19(13-9-17)24(29(26,27)21-6-4-3-5-7-21)16-22(25)23-18-10-14-20(28-2)15-11-18/h3-15H,16H2,1-2H3,(H,23,25). The van der Waals surface area contributed by atoms with E-state index in [0.717, 1.165) is 9.87 Å². The van der Waals surface area contributed by atoms with Crippen LogP contribution < -0.4 is 14.4 Å². The van der Waals surface area contributed by atoms with E-state index in [2.05, 4.69) is 5.32 Å². The third kappa shape index (κ3) is 4.94. The third-order valence-electron chi connectivity index (χ3n) is 4.31. The zero-order chi connectivity index (χ0) is 20.9. The van der Waals surface area contributed by atoms with Crippen molar-refractivity contribution >= 4 is 27.3 Å². The van der Waals surface area contributed by atoms with Gasteiger partial charge in [-0.2, -0.15) is 0 Å². The molecule has 0 aliphatic rings. The first-order chi connectivity index (χ1) is 13.9. The molecule has 150 valence electrons. The number of aryl methyl sites for hydroxylation is 1. The van der Waals surface area contributed by atoms with Crippen LogP contribution in [0.1, 0.15) is 5.56 Å². The van der Waals surface area contributed by atoms with Crippen LogP contribution in [0.4, 0.5) is 11.4 Å². The van der Waals surface area contributed by atoms with Gasteiger partial charge in [0.15, 0.2) is 0 Å². The van der Waals surface area contributed by atoms with Crippen LogP contribution in [0, 0.1) is 6.92 Å². The highest BCUT2D eigenvalue weighted by Gasteiger charge is 2.27. The molecule has 7 heteroatoms. The summed E-state index contributed by atoms with van der Waals surface area (Å²) in [7, 11) is -2.36. The summed E-state index contributed by atoms with van der Waals surface area (Å²) < 4.78 is 32.6. The molecule has 0 bridgehead atoms. The van der Waals surface area contributed by atoms with Gasteiger partial charge in [-0.1, -0.05) is 35.9 Å². The Kier molecular flexibility index (Phi) is 6.19. The van der Waals surface area contributed by atoms with Crippen LogP contribution in [0.25, 0.3) is 0 Å². The van der Waals surface area contributed by atoms with E-state index in [9.17, 15) is 13.2 Å². The van der Waals surface area contributed by atoms with Crippen LogP contribution >= 0.6 is 0 Å². The molecule has 0 atom stereocenters. The van der Waals surface area contributed by atoms with Crippen molar-refractivity contribution in [2.24, 2.45) is 0 Å². The highest BCUT2D eigenvalue weighted by Crippen LogP contribution is 2.24. The van der Waals surface area contributed by atoms with Crippen molar-refractivity contribution in [1.29, 1.82) is 0 Å². The lowest BCUT2D eigenvalue weighted by Gasteiger charge is -2.24. The van der Waals surface area contributed by atoms with Gasteiger partial charge in [0.05, 0.1) is 17.7 Å². The second-order valence-electron chi connectivity index (χ2n) is 6.44. The molecule has 0 aliphatic carbocycles. The van der Waals surface area contributed by atoms with E-state index in [0.29, 0.717) is 17.1 Å². The highest BCUT2D eigenvalue weighted by atomic mass is 32.2. The minimum atomic E-state index is -3.91. The molecule has 0 unspecified atom stereocenters. The van der Waals surface area contributed by atoms with Crippen LogP contribution in [0.3, 0.4) is 0 Å². The van der Waals surface area contributed by atoms with Gasteiger partial charge < -0.3 is 10.1 Å². The minimum absolute atomic E-state index is 0.123. The average Bonchev–Trinajstić information content (AvgIpc) is 2.74. The lowest BCUT2D eigenvalue weighted by molar-refractivity contribution is -0.114. The van der Waals surface area contributed by atoms with Crippen LogP contribution in [0.5, 0.6) is 5.75 Å². The molecule has 3 aromatic rings. The molecule has 0 spiro atoms. The number of rotatable bonds is 7. The quantitative estimate of drug-likeness (QED) is 0.642. The van der Waals surface area contributed by atoms with Crippen molar-refractivity contribution in [3.8, 4) is 5.75 Å². The maximum atomic E-state index is 13.2. The molecule has 3 rings (SSSR count). The zero-order valence-electron chi connectivity index (χ0n) is 16.2. The number of amides is 1. The van der Waals surface area contributed by atoms with Gasteiger partial charge in [-0.25, -0.2) is 8.42 Å². The lowest BCUT2D eigenvalue weighted by atomic mass is 10.2. The summed E-state index contributed by atoms with van der Waals surface area (Å²) in [6.45, 7) is 1.56. The first-order valence-corrected chi connectivity index (χ1v) is 10.4. The summed E-state index contributed by atoms with van der Waals surface area (Å²) in [5, 5.41) is 2.73. The van der Waals surface area contributed by atoms with Crippen molar-refractivity contribution < 1.29 is 17.9 Å². The fraction of sp³-hybridized carbons (Fsp3) is 0.136. The third-order valence-corrected chi connectivity index (χ3v) is 6.10. The van der Waals surface area contributed by atoms with Gasteiger partial charge in [0.1, 0.15) is 12.3 Å².